The Morgan fingerprint density at radius 2 is 2.43 bits per heavy atom. The molecule has 0 spiro atoms. The highest BCUT2D eigenvalue weighted by atomic mass is 19.1. The normalized spacial score (nSPS) is 22.2. The molecule has 3 N–H and O–H groups in total. The number of halogens is 1. The summed E-state index contributed by atoms with van der Waals surface area (Å²) in [5, 5.41) is 6.84. The molecule has 2 aromatic heterocycles. The maximum absolute atomic E-state index is 14.2. The molecule has 2 atom stereocenters. The van der Waals surface area contributed by atoms with Crippen molar-refractivity contribution >= 4 is 28.8 Å². The van der Waals surface area contributed by atoms with Gasteiger partial charge in [-0.3, -0.25) is 4.79 Å². The van der Waals surface area contributed by atoms with Gasteiger partial charge in [0.15, 0.2) is 0 Å². The maximum atomic E-state index is 14.2. The van der Waals surface area contributed by atoms with Crippen LogP contribution in [0.15, 0.2) is 18.5 Å². The molecule has 3 rings (SSSR count). The van der Waals surface area contributed by atoms with Crippen LogP contribution in [0.2, 0.25) is 0 Å². The fourth-order valence-electron chi connectivity index (χ4n) is 2.87. The van der Waals surface area contributed by atoms with Crippen molar-refractivity contribution in [2.75, 3.05) is 30.4 Å². The Hall–Kier alpha value is -2.15. The molecule has 0 saturated carbocycles. The summed E-state index contributed by atoms with van der Waals surface area (Å²) in [6.45, 7) is 0.969. The van der Waals surface area contributed by atoms with Gasteiger partial charge in [0.25, 0.3) is 0 Å². The van der Waals surface area contributed by atoms with Crippen LogP contribution >= 0.6 is 0 Å². The van der Waals surface area contributed by atoms with Gasteiger partial charge in [-0.05, 0) is 19.0 Å². The second kappa shape index (κ2) is 5.69. The number of aromatic amines is 1. The van der Waals surface area contributed by atoms with Crippen molar-refractivity contribution < 1.29 is 9.18 Å². The van der Waals surface area contributed by atoms with E-state index in [-0.39, 0.29) is 6.54 Å². The molecule has 112 valence electrons. The standard InChI is InChI=1S/C14H18FN5O/c1-16-11-7-19-14-9(2-5-18-14)13(11)20(8-21)12-3-4-17-6-10(12)15/h2,5,7-8,10,12,16-17H,3-4,6H2,1H3,(H,18,19). The van der Waals surface area contributed by atoms with Crippen LogP contribution in [-0.4, -0.2) is 48.7 Å². The number of carbonyl (C=O) groups excluding carboxylic acids is 1. The molecule has 7 heteroatoms. The molecule has 1 aliphatic rings. The number of hydrogen-bond donors (Lipinski definition) is 3. The van der Waals surface area contributed by atoms with Crippen LogP contribution in [-0.2, 0) is 4.79 Å². The predicted octanol–water partition coefficient (Wildman–Crippen LogP) is 1.27. The van der Waals surface area contributed by atoms with Crippen LogP contribution in [0.1, 0.15) is 6.42 Å². The van der Waals surface area contributed by atoms with Crippen molar-refractivity contribution in [2.24, 2.45) is 0 Å². The fourth-order valence-corrected chi connectivity index (χ4v) is 2.87. The average Bonchev–Trinajstić information content (AvgIpc) is 2.98. The first-order valence-electron chi connectivity index (χ1n) is 6.98. The molecule has 1 aliphatic heterocycles. The minimum atomic E-state index is -1.09. The van der Waals surface area contributed by atoms with Gasteiger partial charge in [0.1, 0.15) is 11.8 Å². The van der Waals surface area contributed by atoms with E-state index in [1.165, 1.54) is 4.90 Å². The van der Waals surface area contributed by atoms with E-state index in [4.69, 9.17) is 0 Å². The molecule has 21 heavy (non-hydrogen) atoms. The van der Waals surface area contributed by atoms with E-state index < -0.39 is 12.2 Å². The van der Waals surface area contributed by atoms with Crippen molar-refractivity contribution in [3.05, 3.63) is 18.5 Å². The number of anilines is 2. The van der Waals surface area contributed by atoms with Gasteiger partial charge in [0.2, 0.25) is 6.41 Å². The van der Waals surface area contributed by atoms with Crippen LogP contribution in [0.4, 0.5) is 15.8 Å². The van der Waals surface area contributed by atoms with E-state index in [0.717, 1.165) is 5.39 Å². The molecule has 2 aromatic rings. The predicted molar refractivity (Wildman–Crippen MR) is 80.4 cm³/mol. The molecule has 2 unspecified atom stereocenters. The zero-order chi connectivity index (χ0) is 14.8. The molecule has 1 fully saturated rings. The second-order valence-electron chi connectivity index (χ2n) is 5.10. The molecule has 0 aliphatic carbocycles. The SMILES string of the molecule is CNc1cnc2[nH]ccc2c1N(C=O)C1CCNCC1F. The van der Waals surface area contributed by atoms with E-state index in [1.807, 2.05) is 6.07 Å². The fraction of sp³-hybridized carbons (Fsp3) is 0.429. The van der Waals surface area contributed by atoms with Crippen molar-refractivity contribution in [1.82, 2.24) is 15.3 Å². The highest BCUT2D eigenvalue weighted by Crippen LogP contribution is 2.35. The third-order valence-corrected chi connectivity index (χ3v) is 3.93. The molecule has 1 saturated heterocycles. The van der Waals surface area contributed by atoms with Gasteiger partial charge in [0, 0.05) is 25.2 Å². The first-order valence-corrected chi connectivity index (χ1v) is 6.98. The van der Waals surface area contributed by atoms with E-state index in [9.17, 15) is 9.18 Å². The molecule has 3 heterocycles. The monoisotopic (exact) mass is 291 g/mol. The lowest BCUT2D eigenvalue weighted by atomic mass is 10.0. The molecule has 0 bridgehead atoms. The lowest BCUT2D eigenvalue weighted by molar-refractivity contribution is -0.108. The largest absolute Gasteiger partial charge is 0.385 e. The minimum absolute atomic E-state index is 0.269. The van der Waals surface area contributed by atoms with Crippen molar-refractivity contribution in [3.63, 3.8) is 0 Å². The topological polar surface area (TPSA) is 73.0 Å². The minimum Gasteiger partial charge on any atom is -0.385 e. The third-order valence-electron chi connectivity index (χ3n) is 3.93. The Morgan fingerprint density at radius 3 is 3.14 bits per heavy atom. The van der Waals surface area contributed by atoms with E-state index in [2.05, 4.69) is 20.6 Å². The Kier molecular flexibility index (Phi) is 3.74. The number of amides is 1. The summed E-state index contributed by atoms with van der Waals surface area (Å²) in [5.74, 6) is 0. The molecular weight excluding hydrogens is 273 g/mol. The molecule has 0 aromatic carbocycles. The Labute approximate surface area is 121 Å². The lowest BCUT2D eigenvalue weighted by Gasteiger charge is -2.35. The van der Waals surface area contributed by atoms with E-state index in [1.54, 1.807) is 19.4 Å². The van der Waals surface area contributed by atoms with Crippen LogP contribution in [0.3, 0.4) is 0 Å². The summed E-state index contributed by atoms with van der Waals surface area (Å²) < 4.78 is 14.2. The van der Waals surface area contributed by atoms with Gasteiger partial charge in [0.05, 0.1) is 23.6 Å². The van der Waals surface area contributed by atoms with Crippen molar-refractivity contribution in [2.45, 2.75) is 18.6 Å². The lowest BCUT2D eigenvalue weighted by Crippen LogP contribution is -2.51. The zero-order valence-electron chi connectivity index (χ0n) is 11.8. The molecule has 6 nitrogen and oxygen atoms in total. The number of H-pyrrole nitrogens is 1. The van der Waals surface area contributed by atoms with Gasteiger partial charge < -0.3 is 20.5 Å². The number of alkyl halides is 1. The van der Waals surface area contributed by atoms with Gasteiger partial charge >= 0.3 is 0 Å². The molecule has 0 radical (unpaired) electrons. The quantitative estimate of drug-likeness (QED) is 0.742. The van der Waals surface area contributed by atoms with Gasteiger partial charge in [-0.15, -0.1) is 0 Å². The van der Waals surface area contributed by atoms with Crippen LogP contribution in [0.25, 0.3) is 11.0 Å². The van der Waals surface area contributed by atoms with Gasteiger partial charge in [-0.1, -0.05) is 0 Å². The number of nitrogens with one attached hydrogen (secondary N) is 3. The average molecular weight is 291 g/mol. The number of fused-ring (bicyclic) bond motifs is 1. The molecular formula is C14H18FN5O. The van der Waals surface area contributed by atoms with E-state index >= 15 is 0 Å². The number of hydrogen-bond acceptors (Lipinski definition) is 4. The second-order valence-corrected chi connectivity index (χ2v) is 5.10. The van der Waals surface area contributed by atoms with Crippen LogP contribution < -0.4 is 15.5 Å². The summed E-state index contributed by atoms with van der Waals surface area (Å²) >= 11 is 0. The van der Waals surface area contributed by atoms with Crippen LogP contribution in [0, 0.1) is 0 Å². The Bertz CT molecular complexity index is 643. The number of pyridine rings is 1. The first kappa shape index (κ1) is 13.8. The summed E-state index contributed by atoms with van der Waals surface area (Å²) in [4.78, 5) is 20.5. The summed E-state index contributed by atoms with van der Waals surface area (Å²) in [6.07, 6.45) is 3.62. The molecule has 1 amide bonds. The van der Waals surface area contributed by atoms with Crippen LogP contribution in [0.5, 0.6) is 0 Å². The number of carbonyl (C=O) groups is 1. The third kappa shape index (κ3) is 2.33. The summed E-state index contributed by atoms with van der Waals surface area (Å²) in [7, 11) is 1.76. The van der Waals surface area contributed by atoms with Crippen molar-refractivity contribution in [1.29, 1.82) is 0 Å². The first-order chi connectivity index (χ1) is 10.3. The highest BCUT2D eigenvalue weighted by Gasteiger charge is 2.32. The highest BCUT2D eigenvalue weighted by molar-refractivity contribution is 6.01. The van der Waals surface area contributed by atoms with E-state index in [0.29, 0.717) is 36.4 Å². The number of nitrogens with zero attached hydrogens (tertiary/aromatic N) is 2. The summed E-state index contributed by atoms with van der Waals surface area (Å²) in [5.41, 5.74) is 2.06. The number of aromatic nitrogens is 2. The number of rotatable bonds is 4. The summed E-state index contributed by atoms with van der Waals surface area (Å²) in [6, 6.07) is 1.39. The maximum Gasteiger partial charge on any atom is 0.214 e. The smallest absolute Gasteiger partial charge is 0.214 e. The zero-order valence-corrected chi connectivity index (χ0v) is 11.8. The number of piperidine rings is 1. The van der Waals surface area contributed by atoms with Gasteiger partial charge in [-0.2, -0.15) is 0 Å². The van der Waals surface area contributed by atoms with Crippen molar-refractivity contribution in [3.8, 4) is 0 Å². The Balaban J connectivity index is 2.11. The van der Waals surface area contributed by atoms with Gasteiger partial charge in [-0.25, -0.2) is 9.37 Å². The Morgan fingerprint density at radius 1 is 1.57 bits per heavy atom.